The lowest BCUT2D eigenvalue weighted by molar-refractivity contribution is -0.142. The fraction of sp³-hybridized carbons (Fsp3) is 0.325. The third-order valence-corrected chi connectivity index (χ3v) is 10.8. The monoisotopic (exact) mass is 691 g/mol. The molecule has 8 rings (SSSR count). The minimum atomic E-state index is -2.57. The van der Waals surface area contributed by atoms with Crippen molar-refractivity contribution in [3.63, 3.8) is 0 Å². The van der Waals surface area contributed by atoms with E-state index < -0.39 is 46.6 Å². The Morgan fingerprint density at radius 3 is 2.27 bits per heavy atom. The van der Waals surface area contributed by atoms with Crippen LogP contribution in [0.3, 0.4) is 0 Å². The quantitative estimate of drug-likeness (QED) is 0.166. The number of carbonyl (C=O) groups is 2. The van der Waals surface area contributed by atoms with E-state index in [-0.39, 0.29) is 60.0 Å². The normalized spacial score (nSPS) is 23.7. The molecule has 0 bridgehead atoms. The van der Waals surface area contributed by atoms with Gasteiger partial charge in [-0.05, 0) is 49.1 Å². The highest BCUT2D eigenvalue weighted by atomic mass is 19.1. The number of rotatable bonds is 9. The molecule has 51 heavy (non-hydrogen) atoms. The molecule has 3 aliphatic carbocycles. The molecule has 4 aliphatic rings. The Hall–Kier alpha value is -5.10. The van der Waals surface area contributed by atoms with Gasteiger partial charge in [-0.1, -0.05) is 66.7 Å². The Bertz CT molecular complexity index is 2090. The fourth-order valence-corrected chi connectivity index (χ4v) is 8.47. The molecule has 0 saturated heterocycles. The summed E-state index contributed by atoms with van der Waals surface area (Å²) in [5.41, 5.74) is 0.324. The summed E-state index contributed by atoms with van der Waals surface area (Å²) >= 11 is 0. The summed E-state index contributed by atoms with van der Waals surface area (Å²) in [5.74, 6) is -4.06. The van der Waals surface area contributed by atoms with Crippen LogP contribution in [0.25, 0.3) is 5.76 Å². The number of Topliss-reactive ketones (excluding diaryl/α,β-unsaturated/α-hetero) is 2. The molecular formula is C40H38FN3O7. The molecule has 3 aromatic carbocycles. The van der Waals surface area contributed by atoms with E-state index in [4.69, 9.17) is 14.0 Å². The van der Waals surface area contributed by atoms with Gasteiger partial charge in [0.2, 0.25) is 11.6 Å². The number of benzene rings is 3. The van der Waals surface area contributed by atoms with Crippen molar-refractivity contribution in [1.82, 2.24) is 15.0 Å². The molecule has 1 saturated carbocycles. The highest BCUT2D eigenvalue weighted by Gasteiger charge is 2.65. The second-order valence-corrected chi connectivity index (χ2v) is 14.0. The molecule has 1 fully saturated rings. The van der Waals surface area contributed by atoms with E-state index in [9.17, 15) is 19.8 Å². The molecular weight excluding hydrogens is 653 g/mol. The zero-order valence-electron chi connectivity index (χ0n) is 28.4. The number of halogens is 1. The zero-order valence-corrected chi connectivity index (χ0v) is 28.4. The van der Waals surface area contributed by atoms with E-state index in [2.05, 4.69) is 11.7 Å². The Balaban J connectivity index is 1.23. The predicted octanol–water partition coefficient (Wildman–Crippen LogP) is 5.73. The van der Waals surface area contributed by atoms with E-state index in [1.54, 1.807) is 25.1 Å². The minimum absolute atomic E-state index is 0.0678. The molecule has 262 valence electrons. The molecule has 0 radical (unpaired) electrons. The molecule has 4 atom stereocenters. The molecule has 4 aromatic rings. The van der Waals surface area contributed by atoms with E-state index in [1.807, 2.05) is 65.6 Å². The van der Waals surface area contributed by atoms with Crippen LogP contribution in [-0.2, 0) is 37.5 Å². The lowest BCUT2D eigenvalue weighted by Crippen LogP contribution is -2.63. The van der Waals surface area contributed by atoms with Gasteiger partial charge in [0.1, 0.15) is 36.1 Å². The Morgan fingerprint density at radius 1 is 0.980 bits per heavy atom. The largest absolute Gasteiger partial charge is 0.507 e. The van der Waals surface area contributed by atoms with Gasteiger partial charge in [0.05, 0.1) is 11.6 Å². The first kappa shape index (κ1) is 33.1. The third-order valence-electron chi connectivity index (χ3n) is 10.8. The van der Waals surface area contributed by atoms with Crippen molar-refractivity contribution in [3.05, 3.63) is 129 Å². The van der Waals surface area contributed by atoms with Crippen molar-refractivity contribution in [2.24, 2.45) is 11.8 Å². The first-order valence-corrected chi connectivity index (χ1v) is 17.1. The molecule has 2 N–H and O–H groups in total. The number of aliphatic hydroxyl groups is 2. The predicted molar refractivity (Wildman–Crippen MR) is 184 cm³/mol. The van der Waals surface area contributed by atoms with Crippen LogP contribution < -0.4 is 9.47 Å². The van der Waals surface area contributed by atoms with E-state index >= 15 is 4.39 Å². The summed E-state index contributed by atoms with van der Waals surface area (Å²) in [6, 6.07) is 18.0. The molecule has 11 heteroatoms. The Morgan fingerprint density at radius 2 is 1.63 bits per heavy atom. The molecule has 10 nitrogen and oxygen atoms in total. The number of hydrogen-bond donors (Lipinski definition) is 2. The fourth-order valence-electron chi connectivity index (χ4n) is 8.47. The maximum atomic E-state index is 16.6. The van der Waals surface area contributed by atoms with Crippen molar-refractivity contribution >= 4 is 17.3 Å². The van der Waals surface area contributed by atoms with Crippen molar-refractivity contribution in [2.75, 3.05) is 20.6 Å². The van der Waals surface area contributed by atoms with Gasteiger partial charge >= 0.3 is 0 Å². The van der Waals surface area contributed by atoms with E-state index in [0.717, 1.165) is 11.1 Å². The van der Waals surface area contributed by atoms with Crippen molar-refractivity contribution in [1.29, 1.82) is 0 Å². The topological polar surface area (TPSA) is 126 Å². The number of aromatic nitrogens is 1. The molecule has 0 spiro atoms. The van der Waals surface area contributed by atoms with Gasteiger partial charge in [-0.25, -0.2) is 4.39 Å². The van der Waals surface area contributed by atoms with Gasteiger partial charge in [0.25, 0.3) is 5.88 Å². The van der Waals surface area contributed by atoms with Crippen LogP contribution in [0.4, 0.5) is 4.39 Å². The number of nitrogens with zero attached hydrogens (tertiary/aromatic N) is 3. The van der Waals surface area contributed by atoms with Crippen LogP contribution in [0.1, 0.15) is 62.0 Å². The number of ether oxygens (including phenoxy) is 2. The number of aliphatic hydroxyl groups excluding tert-OH is 1. The zero-order chi connectivity index (χ0) is 35.6. The van der Waals surface area contributed by atoms with E-state index in [1.165, 1.54) is 0 Å². The lowest BCUT2D eigenvalue weighted by Gasteiger charge is -2.49. The number of ketones is 2. The summed E-state index contributed by atoms with van der Waals surface area (Å²) in [6.07, 6.45) is 1.91. The average Bonchev–Trinajstić information content (AvgIpc) is 3.75. The molecule has 1 aliphatic heterocycles. The highest BCUT2D eigenvalue weighted by molar-refractivity contribution is 6.26. The highest BCUT2D eigenvalue weighted by Crippen LogP contribution is 2.57. The first-order chi connectivity index (χ1) is 24.6. The maximum absolute atomic E-state index is 16.6. The smallest absolute Gasteiger partial charge is 0.265 e. The van der Waals surface area contributed by atoms with Gasteiger partial charge in [-0.15, -0.1) is 6.58 Å². The Kier molecular flexibility index (Phi) is 8.16. The molecule has 1 aromatic heterocycles. The third kappa shape index (κ3) is 5.13. The summed E-state index contributed by atoms with van der Waals surface area (Å²) in [5, 5.41) is 28.6. The van der Waals surface area contributed by atoms with E-state index in [0.29, 0.717) is 36.5 Å². The van der Waals surface area contributed by atoms with Gasteiger partial charge < -0.3 is 24.2 Å². The Labute approximate surface area is 294 Å². The summed E-state index contributed by atoms with van der Waals surface area (Å²) in [7, 11) is 3.52. The summed E-state index contributed by atoms with van der Waals surface area (Å²) in [6.45, 7) is 5.27. The second kappa shape index (κ2) is 12.6. The molecule has 0 unspecified atom stereocenters. The molecule has 2 heterocycles. The van der Waals surface area contributed by atoms with Crippen LogP contribution >= 0.6 is 0 Å². The summed E-state index contributed by atoms with van der Waals surface area (Å²) < 4.78 is 34.7. The van der Waals surface area contributed by atoms with Crippen LogP contribution in [0.2, 0.25) is 0 Å². The SMILES string of the molecule is C=CCN1Cc2c(F)c3c(c(OCc4ccccc4)c2C1)C(O)=C1C(=O)[C@]2(O)C(=O)c4c(OCc5ccccc5)noc4[C@@H](N(C)C)[C@@H]2C[C@@H]1C3. The van der Waals surface area contributed by atoms with Crippen molar-refractivity contribution in [3.8, 4) is 11.6 Å². The van der Waals surface area contributed by atoms with Gasteiger partial charge in [-0.3, -0.25) is 19.4 Å². The summed E-state index contributed by atoms with van der Waals surface area (Å²) in [4.78, 5) is 32.9. The standard InChI is InChI=1S/C40H38FN3O7/c1-4-15-44-18-26-27(19-44)35(49-20-22-11-7-5-8-12-22)30-25(32(26)41)16-24-17-28-33(43(2)3)36-31(38(47)40(28,48)37(46)29(24)34(30)45)39(42-51-36)50-21-23-13-9-6-10-14-23/h4-14,24,28,33,45,48H,1,15-21H2,2-3H3/t24-,28-,33-,40-/m0/s1. The number of hydrogen-bond acceptors (Lipinski definition) is 10. The maximum Gasteiger partial charge on any atom is 0.265 e. The van der Waals surface area contributed by atoms with Crippen LogP contribution in [0.15, 0.2) is 83.4 Å². The van der Waals surface area contributed by atoms with Gasteiger partial charge in [0, 0.05) is 47.8 Å². The second-order valence-electron chi connectivity index (χ2n) is 14.0. The van der Waals surface area contributed by atoms with Crippen LogP contribution in [0, 0.1) is 17.7 Å². The van der Waals surface area contributed by atoms with Gasteiger partial charge in [0.15, 0.2) is 11.4 Å². The molecule has 0 amide bonds. The van der Waals surface area contributed by atoms with Crippen molar-refractivity contribution < 1.29 is 38.2 Å². The lowest BCUT2D eigenvalue weighted by atomic mass is 9.57. The number of fused-ring (bicyclic) bond motifs is 5. The van der Waals surface area contributed by atoms with Crippen LogP contribution in [-0.4, -0.2) is 63.0 Å². The number of carbonyl (C=O) groups excluding carboxylic acids is 2. The first-order valence-electron chi connectivity index (χ1n) is 17.1. The van der Waals surface area contributed by atoms with Gasteiger partial charge in [-0.2, -0.15) is 0 Å². The average molecular weight is 692 g/mol. The van der Waals surface area contributed by atoms with Crippen LogP contribution in [0.5, 0.6) is 11.6 Å². The minimum Gasteiger partial charge on any atom is -0.507 e. The van der Waals surface area contributed by atoms with Crippen molar-refractivity contribution in [2.45, 2.75) is 50.8 Å².